The van der Waals surface area contributed by atoms with Gasteiger partial charge in [-0.3, -0.25) is 14.5 Å². The van der Waals surface area contributed by atoms with E-state index >= 15 is 0 Å². The van der Waals surface area contributed by atoms with Crippen molar-refractivity contribution in [2.45, 2.75) is 40.7 Å². The Labute approximate surface area is 157 Å². The van der Waals surface area contributed by atoms with Crippen LogP contribution < -0.4 is 5.32 Å². The quantitative estimate of drug-likeness (QED) is 0.774. The number of nitrogens with zero attached hydrogens (tertiary/aromatic N) is 2. The molecule has 0 saturated carbocycles. The van der Waals surface area contributed by atoms with E-state index in [2.05, 4.69) is 36.3 Å². The molecular weight excluding hydrogens is 350 g/mol. The molecule has 0 radical (unpaired) electrons. The molecule has 0 aliphatic carbocycles. The highest BCUT2D eigenvalue weighted by Gasteiger charge is 2.18. The van der Waals surface area contributed by atoms with E-state index in [0.29, 0.717) is 5.13 Å². The molecule has 0 bridgehead atoms. The smallest absolute Gasteiger partial charge is 0.317 e. The third-order valence-corrected chi connectivity index (χ3v) is 5.04. The molecular formula is C19H25N3O3S. The summed E-state index contributed by atoms with van der Waals surface area (Å²) >= 11 is 1.36. The number of anilines is 1. The number of nitrogens with one attached hydrogen (secondary N) is 1. The van der Waals surface area contributed by atoms with Gasteiger partial charge in [0, 0.05) is 17.0 Å². The predicted octanol–water partition coefficient (Wildman–Crippen LogP) is 3.47. The Kier molecular flexibility index (Phi) is 6.50. The van der Waals surface area contributed by atoms with E-state index in [-0.39, 0.29) is 25.0 Å². The lowest BCUT2D eigenvalue weighted by atomic mass is 9.99. The fourth-order valence-electron chi connectivity index (χ4n) is 2.63. The molecule has 0 saturated heterocycles. The molecule has 0 aliphatic rings. The first-order chi connectivity index (χ1) is 12.2. The molecule has 2 rings (SSSR count). The number of aromatic nitrogens is 1. The lowest BCUT2D eigenvalue weighted by Gasteiger charge is -2.23. The van der Waals surface area contributed by atoms with Crippen molar-refractivity contribution in [3.63, 3.8) is 0 Å². The lowest BCUT2D eigenvalue weighted by Crippen LogP contribution is -2.41. The SMILES string of the molecule is Cc1cc(C)c(-c2csc(NC(=O)CN(CC(=O)O)C(C)C)n2)cc1C. The molecule has 140 valence electrons. The van der Waals surface area contributed by atoms with Crippen LogP contribution in [0.4, 0.5) is 5.13 Å². The summed E-state index contributed by atoms with van der Waals surface area (Å²) < 4.78 is 0. The molecule has 1 aromatic carbocycles. The van der Waals surface area contributed by atoms with Gasteiger partial charge in [-0.05, 0) is 57.4 Å². The molecule has 0 fully saturated rings. The van der Waals surface area contributed by atoms with Crippen LogP contribution in [0.5, 0.6) is 0 Å². The van der Waals surface area contributed by atoms with Crippen LogP contribution >= 0.6 is 11.3 Å². The Morgan fingerprint density at radius 1 is 1.15 bits per heavy atom. The summed E-state index contributed by atoms with van der Waals surface area (Å²) in [5.74, 6) is -1.22. The fraction of sp³-hybridized carbons (Fsp3) is 0.421. The molecule has 1 heterocycles. The van der Waals surface area contributed by atoms with Crippen molar-refractivity contribution in [2.75, 3.05) is 18.4 Å². The number of carbonyl (C=O) groups is 2. The van der Waals surface area contributed by atoms with E-state index in [1.807, 2.05) is 26.2 Å². The van der Waals surface area contributed by atoms with E-state index in [1.165, 1.54) is 22.5 Å². The Morgan fingerprint density at radius 2 is 1.81 bits per heavy atom. The van der Waals surface area contributed by atoms with Gasteiger partial charge in [0.05, 0.1) is 18.8 Å². The zero-order chi connectivity index (χ0) is 19.4. The molecule has 6 nitrogen and oxygen atoms in total. The number of aryl methyl sites for hydroxylation is 3. The second kappa shape index (κ2) is 8.42. The van der Waals surface area contributed by atoms with Crippen molar-refractivity contribution in [3.05, 3.63) is 34.2 Å². The van der Waals surface area contributed by atoms with Crippen molar-refractivity contribution < 1.29 is 14.7 Å². The minimum atomic E-state index is -0.951. The van der Waals surface area contributed by atoms with Crippen LogP contribution in [-0.2, 0) is 9.59 Å². The Hall–Kier alpha value is -2.25. The van der Waals surface area contributed by atoms with Gasteiger partial charge in [-0.15, -0.1) is 11.3 Å². The summed E-state index contributed by atoms with van der Waals surface area (Å²) in [5, 5.41) is 14.2. The van der Waals surface area contributed by atoms with Gasteiger partial charge in [0.1, 0.15) is 0 Å². The van der Waals surface area contributed by atoms with Crippen LogP contribution in [0.15, 0.2) is 17.5 Å². The predicted molar refractivity (Wildman–Crippen MR) is 105 cm³/mol. The summed E-state index contributed by atoms with van der Waals surface area (Å²) in [6, 6.07) is 4.20. The Bertz CT molecular complexity index is 814. The number of rotatable bonds is 7. The highest BCUT2D eigenvalue weighted by Crippen LogP contribution is 2.29. The second-order valence-corrected chi connectivity index (χ2v) is 7.59. The molecule has 2 aromatic rings. The van der Waals surface area contributed by atoms with Gasteiger partial charge < -0.3 is 10.4 Å². The first-order valence-electron chi connectivity index (χ1n) is 8.46. The average Bonchev–Trinajstić information content (AvgIpc) is 2.97. The van der Waals surface area contributed by atoms with Crippen molar-refractivity contribution in [1.29, 1.82) is 0 Å². The summed E-state index contributed by atoms with van der Waals surface area (Å²) in [6.07, 6.45) is 0. The first kappa shape index (κ1) is 20.1. The van der Waals surface area contributed by atoms with Crippen molar-refractivity contribution in [2.24, 2.45) is 0 Å². The fourth-order valence-corrected chi connectivity index (χ4v) is 3.36. The number of thiazole rings is 1. The van der Waals surface area contributed by atoms with Gasteiger partial charge in [0.25, 0.3) is 0 Å². The van der Waals surface area contributed by atoms with Crippen LogP contribution in [0.1, 0.15) is 30.5 Å². The lowest BCUT2D eigenvalue weighted by molar-refractivity contribution is -0.139. The highest BCUT2D eigenvalue weighted by atomic mass is 32.1. The summed E-state index contributed by atoms with van der Waals surface area (Å²) in [4.78, 5) is 29.3. The maximum absolute atomic E-state index is 12.2. The van der Waals surface area contributed by atoms with Gasteiger partial charge >= 0.3 is 5.97 Å². The molecule has 0 aliphatic heterocycles. The van der Waals surface area contributed by atoms with Crippen LogP contribution in [0.25, 0.3) is 11.3 Å². The number of carbonyl (C=O) groups excluding carboxylic acids is 1. The maximum atomic E-state index is 12.2. The number of benzene rings is 1. The topological polar surface area (TPSA) is 82.5 Å². The molecule has 0 spiro atoms. The third-order valence-electron chi connectivity index (χ3n) is 4.28. The first-order valence-corrected chi connectivity index (χ1v) is 9.34. The van der Waals surface area contributed by atoms with Gasteiger partial charge in [0.15, 0.2) is 5.13 Å². The van der Waals surface area contributed by atoms with E-state index in [4.69, 9.17) is 5.11 Å². The van der Waals surface area contributed by atoms with Crippen LogP contribution in [-0.4, -0.2) is 46.0 Å². The number of hydrogen-bond donors (Lipinski definition) is 2. The zero-order valence-corrected chi connectivity index (χ0v) is 16.6. The van der Waals surface area contributed by atoms with Crippen LogP contribution in [0.3, 0.4) is 0 Å². The highest BCUT2D eigenvalue weighted by molar-refractivity contribution is 7.14. The van der Waals surface area contributed by atoms with Crippen LogP contribution in [0.2, 0.25) is 0 Å². The number of aliphatic carboxylic acids is 1. The number of hydrogen-bond acceptors (Lipinski definition) is 5. The monoisotopic (exact) mass is 375 g/mol. The third kappa shape index (κ3) is 5.12. The van der Waals surface area contributed by atoms with E-state index in [0.717, 1.165) is 16.8 Å². The van der Waals surface area contributed by atoms with Gasteiger partial charge in [-0.2, -0.15) is 0 Å². The van der Waals surface area contributed by atoms with Crippen molar-refractivity contribution in [1.82, 2.24) is 9.88 Å². The minimum Gasteiger partial charge on any atom is -0.480 e. The largest absolute Gasteiger partial charge is 0.480 e. The van der Waals surface area contributed by atoms with Crippen LogP contribution in [0, 0.1) is 20.8 Å². The average molecular weight is 375 g/mol. The molecule has 0 atom stereocenters. The summed E-state index contributed by atoms with van der Waals surface area (Å²) in [7, 11) is 0. The molecule has 26 heavy (non-hydrogen) atoms. The molecule has 0 unspecified atom stereocenters. The molecule has 1 aromatic heterocycles. The number of carboxylic acids is 1. The Balaban J connectivity index is 2.09. The van der Waals surface area contributed by atoms with Crippen molar-refractivity contribution in [3.8, 4) is 11.3 Å². The van der Waals surface area contributed by atoms with Crippen molar-refractivity contribution >= 4 is 28.3 Å². The molecule has 2 N–H and O–H groups in total. The maximum Gasteiger partial charge on any atom is 0.317 e. The zero-order valence-electron chi connectivity index (χ0n) is 15.8. The van der Waals surface area contributed by atoms with E-state index < -0.39 is 5.97 Å². The normalized spacial score (nSPS) is 11.2. The summed E-state index contributed by atoms with van der Waals surface area (Å²) in [5.41, 5.74) is 5.47. The van der Waals surface area contributed by atoms with Gasteiger partial charge in [-0.25, -0.2) is 4.98 Å². The Morgan fingerprint density at radius 3 is 2.42 bits per heavy atom. The number of amides is 1. The molecule has 1 amide bonds. The molecule has 7 heteroatoms. The van der Waals surface area contributed by atoms with Gasteiger partial charge in [-0.1, -0.05) is 6.07 Å². The minimum absolute atomic E-state index is 0.0154. The number of carboxylic acid groups (broad SMARTS) is 1. The van der Waals surface area contributed by atoms with E-state index in [9.17, 15) is 9.59 Å². The standard InChI is InChI=1S/C19H25N3O3S/c1-11(2)22(9-18(24)25)8-17(23)21-19-20-16(10-26-19)15-7-13(4)12(3)6-14(15)5/h6-7,10-11H,8-9H2,1-5H3,(H,24,25)(H,20,21,23). The second-order valence-electron chi connectivity index (χ2n) is 6.73. The van der Waals surface area contributed by atoms with Gasteiger partial charge in [0.2, 0.25) is 5.91 Å². The summed E-state index contributed by atoms with van der Waals surface area (Å²) in [6.45, 7) is 9.76. The van der Waals surface area contributed by atoms with E-state index in [1.54, 1.807) is 4.90 Å².